The highest BCUT2D eigenvalue weighted by Gasteiger charge is 2.31. The summed E-state index contributed by atoms with van der Waals surface area (Å²) in [5, 5.41) is 0. The maximum atomic E-state index is 10.9. The Morgan fingerprint density at radius 3 is 2.27 bits per heavy atom. The fourth-order valence-corrected chi connectivity index (χ4v) is 1.53. The smallest absolute Gasteiger partial charge is 0.244 e. The van der Waals surface area contributed by atoms with Gasteiger partial charge in [0.2, 0.25) is 5.91 Å². The number of hydrogen-bond donors (Lipinski definition) is 1. The third-order valence-corrected chi connectivity index (χ3v) is 2.77. The van der Waals surface area contributed by atoms with Gasteiger partial charge in [0, 0.05) is 5.57 Å². The van der Waals surface area contributed by atoms with Crippen LogP contribution in [-0.2, 0) is 4.79 Å². The van der Waals surface area contributed by atoms with E-state index in [-0.39, 0.29) is 11.3 Å². The van der Waals surface area contributed by atoms with Gasteiger partial charge in [-0.2, -0.15) is 0 Å². The molecule has 0 spiro atoms. The number of nitrogens with two attached hydrogens (primary N) is 1. The van der Waals surface area contributed by atoms with Crippen molar-refractivity contribution >= 4 is 5.91 Å². The summed E-state index contributed by atoms with van der Waals surface area (Å²) in [5.41, 5.74) is 7.41. The van der Waals surface area contributed by atoms with Crippen molar-refractivity contribution in [2.75, 3.05) is 0 Å². The Morgan fingerprint density at radius 1 is 1.55 bits per heavy atom. The first-order chi connectivity index (χ1) is 4.95. The van der Waals surface area contributed by atoms with Gasteiger partial charge in [-0.3, -0.25) is 4.79 Å². The molecule has 0 saturated heterocycles. The Labute approximate surface area is 67.5 Å². The predicted molar refractivity (Wildman–Crippen MR) is 44.9 cm³/mol. The zero-order valence-corrected chi connectivity index (χ0v) is 7.40. The second kappa shape index (κ2) is 2.36. The van der Waals surface area contributed by atoms with Gasteiger partial charge in [0.15, 0.2) is 0 Å². The molecule has 0 aromatic carbocycles. The molecule has 0 radical (unpaired) electrons. The van der Waals surface area contributed by atoms with Gasteiger partial charge in [0.25, 0.3) is 0 Å². The zero-order valence-electron chi connectivity index (χ0n) is 7.40. The summed E-state index contributed by atoms with van der Waals surface area (Å²) >= 11 is 0. The number of hydrogen-bond acceptors (Lipinski definition) is 1. The summed E-state index contributed by atoms with van der Waals surface area (Å²) in [6.07, 6.45) is 1.91. The van der Waals surface area contributed by atoms with Gasteiger partial charge in [0.05, 0.1) is 0 Å². The third-order valence-electron chi connectivity index (χ3n) is 2.77. The monoisotopic (exact) mass is 153 g/mol. The molecule has 11 heavy (non-hydrogen) atoms. The summed E-state index contributed by atoms with van der Waals surface area (Å²) in [7, 11) is 0. The van der Waals surface area contributed by atoms with E-state index < -0.39 is 0 Å². The van der Waals surface area contributed by atoms with Crippen LogP contribution >= 0.6 is 0 Å². The van der Waals surface area contributed by atoms with Gasteiger partial charge < -0.3 is 5.73 Å². The van der Waals surface area contributed by atoms with E-state index in [2.05, 4.69) is 13.8 Å². The first kappa shape index (κ1) is 8.31. The van der Waals surface area contributed by atoms with Crippen molar-refractivity contribution in [3.05, 3.63) is 11.1 Å². The van der Waals surface area contributed by atoms with E-state index in [4.69, 9.17) is 5.73 Å². The fraction of sp³-hybridized carbons (Fsp3) is 0.667. The standard InChI is InChI=1S/C9H15NO/c1-6-7(8(10)11)4-5-9(6,2)3/h4-5H2,1-3H3,(H2,10,11). The molecule has 1 aliphatic rings. The van der Waals surface area contributed by atoms with Crippen LogP contribution in [0.4, 0.5) is 0 Å². The fourth-order valence-electron chi connectivity index (χ4n) is 1.53. The van der Waals surface area contributed by atoms with Crippen LogP contribution in [0.3, 0.4) is 0 Å². The second-order valence-corrected chi connectivity index (χ2v) is 3.85. The third kappa shape index (κ3) is 1.30. The van der Waals surface area contributed by atoms with Crippen LogP contribution in [0.25, 0.3) is 0 Å². The average molecular weight is 153 g/mol. The molecule has 1 amide bonds. The zero-order chi connectivity index (χ0) is 8.65. The minimum absolute atomic E-state index is 0.185. The lowest BCUT2D eigenvalue weighted by atomic mass is 9.86. The molecule has 0 unspecified atom stereocenters. The Hall–Kier alpha value is -0.790. The molecule has 2 nitrogen and oxygen atoms in total. The number of amides is 1. The molecule has 0 bridgehead atoms. The van der Waals surface area contributed by atoms with E-state index in [0.29, 0.717) is 0 Å². The molecule has 0 heterocycles. The molecule has 0 saturated carbocycles. The van der Waals surface area contributed by atoms with Gasteiger partial charge in [-0.15, -0.1) is 0 Å². The SMILES string of the molecule is CC1=C(C(N)=O)CCC1(C)C. The number of primary amides is 1. The highest BCUT2D eigenvalue weighted by atomic mass is 16.1. The topological polar surface area (TPSA) is 43.1 Å². The number of allylic oxidation sites excluding steroid dienone is 1. The lowest BCUT2D eigenvalue weighted by molar-refractivity contribution is -0.114. The maximum absolute atomic E-state index is 10.9. The molecule has 0 fully saturated rings. The van der Waals surface area contributed by atoms with Crippen LogP contribution in [0, 0.1) is 5.41 Å². The van der Waals surface area contributed by atoms with E-state index in [1.807, 2.05) is 6.92 Å². The molecular weight excluding hydrogens is 138 g/mol. The van der Waals surface area contributed by atoms with E-state index in [0.717, 1.165) is 18.4 Å². The Bertz CT molecular complexity index is 226. The van der Waals surface area contributed by atoms with E-state index in [1.165, 1.54) is 5.57 Å². The molecule has 0 atom stereocenters. The normalized spacial score (nSPS) is 22.5. The van der Waals surface area contributed by atoms with Crippen LogP contribution < -0.4 is 5.73 Å². The lowest BCUT2D eigenvalue weighted by Gasteiger charge is -2.18. The molecule has 2 N–H and O–H groups in total. The van der Waals surface area contributed by atoms with Crippen molar-refractivity contribution in [2.45, 2.75) is 33.6 Å². The van der Waals surface area contributed by atoms with Crippen LogP contribution in [0.1, 0.15) is 33.6 Å². The summed E-state index contributed by atoms with van der Waals surface area (Å²) in [6, 6.07) is 0. The van der Waals surface area contributed by atoms with Crippen LogP contribution in [-0.4, -0.2) is 5.91 Å². The predicted octanol–water partition coefficient (Wildman–Crippen LogP) is 1.61. The van der Waals surface area contributed by atoms with Gasteiger partial charge in [-0.25, -0.2) is 0 Å². The average Bonchev–Trinajstić information content (AvgIpc) is 2.09. The van der Waals surface area contributed by atoms with E-state index in [9.17, 15) is 4.79 Å². The van der Waals surface area contributed by atoms with Crippen molar-refractivity contribution < 1.29 is 4.79 Å². The van der Waals surface area contributed by atoms with Gasteiger partial charge in [-0.05, 0) is 25.2 Å². The van der Waals surface area contributed by atoms with E-state index in [1.54, 1.807) is 0 Å². The van der Waals surface area contributed by atoms with Crippen molar-refractivity contribution in [1.82, 2.24) is 0 Å². The minimum Gasteiger partial charge on any atom is -0.366 e. The molecule has 62 valence electrons. The highest BCUT2D eigenvalue weighted by molar-refractivity contribution is 5.93. The number of carbonyl (C=O) groups is 1. The number of carbonyl (C=O) groups excluding carboxylic acids is 1. The van der Waals surface area contributed by atoms with Crippen LogP contribution in [0.15, 0.2) is 11.1 Å². The second-order valence-electron chi connectivity index (χ2n) is 3.85. The largest absolute Gasteiger partial charge is 0.366 e. The molecule has 1 aliphatic carbocycles. The van der Waals surface area contributed by atoms with E-state index >= 15 is 0 Å². The summed E-state index contributed by atoms with van der Waals surface area (Å²) in [5.74, 6) is -0.243. The number of rotatable bonds is 1. The minimum atomic E-state index is -0.243. The summed E-state index contributed by atoms with van der Waals surface area (Å²) < 4.78 is 0. The van der Waals surface area contributed by atoms with Gasteiger partial charge in [0.1, 0.15) is 0 Å². The van der Waals surface area contributed by atoms with Crippen LogP contribution in [0.5, 0.6) is 0 Å². The molecule has 0 aromatic rings. The van der Waals surface area contributed by atoms with Gasteiger partial charge in [-0.1, -0.05) is 19.4 Å². The van der Waals surface area contributed by atoms with Crippen molar-refractivity contribution in [3.8, 4) is 0 Å². The summed E-state index contributed by atoms with van der Waals surface area (Å²) in [6.45, 7) is 6.31. The Kier molecular flexibility index (Phi) is 1.78. The molecule has 0 aromatic heterocycles. The molecule has 1 rings (SSSR count). The lowest BCUT2D eigenvalue weighted by Crippen LogP contribution is -2.14. The van der Waals surface area contributed by atoms with Crippen LogP contribution in [0.2, 0.25) is 0 Å². The molecule has 2 heteroatoms. The van der Waals surface area contributed by atoms with Crippen molar-refractivity contribution in [3.63, 3.8) is 0 Å². The first-order valence-corrected chi connectivity index (χ1v) is 3.95. The quantitative estimate of drug-likeness (QED) is 0.611. The highest BCUT2D eigenvalue weighted by Crippen LogP contribution is 2.41. The Morgan fingerprint density at radius 2 is 2.09 bits per heavy atom. The Balaban J connectivity index is 2.99. The van der Waals surface area contributed by atoms with Gasteiger partial charge >= 0.3 is 0 Å². The molecule has 0 aliphatic heterocycles. The summed E-state index contributed by atoms with van der Waals surface area (Å²) in [4.78, 5) is 10.9. The maximum Gasteiger partial charge on any atom is 0.244 e. The van der Waals surface area contributed by atoms with Crippen molar-refractivity contribution in [2.24, 2.45) is 11.1 Å². The first-order valence-electron chi connectivity index (χ1n) is 3.95. The molecular formula is C9H15NO. The van der Waals surface area contributed by atoms with Crippen molar-refractivity contribution in [1.29, 1.82) is 0 Å².